The zero-order valence-electron chi connectivity index (χ0n) is 13.8. The fourth-order valence-corrected chi connectivity index (χ4v) is 8.55. The molecule has 0 aromatic rings. The molecule has 3 fully saturated rings. The fourth-order valence-electron chi connectivity index (χ4n) is 4.07. The van der Waals surface area contributed by atoms with E-state index in [1.54, 1.807) is 0 Å². The van der Waals surface area contributed by atoms with Gasteiger partial charge in [-0.3, -0.25) is 4.74 Å². The molecule has 3 heterocycles. The molecule has 3 aliphatic heterocycles. The molecule has 0 amide bonds. The number of rotatable bonds is 6. The molecule has 4 nitrogen and oxygen atoms in total. The maximum Gasteiger partial charge on any atom is 0.167 e. The zero-order valence-corrected chi connectivity index (χ0v) is 14.7. The van der Waals surface area contributed by atoms with Crippen LogP contribution in [-0.4, -0.2) is 59.8 Å². The molecule has 0 saturated carbocycles. The van der Waals surface area contributed by atoms with E-state index in [9.17, 15) is 0 Å². The van der Waals surface area contributed by atoms with Crippen LogP contribution >= 0.6 is 7.51 Å². The molecule has 0 bridgehead atoms. The molecule has 3 aliphatic rings. The lowest BCUT2D eigenvalue weighted by molar-refractivity contribution is 0.382. The average Bonchev–Trinajstić information content (AvgIpc) is 3.28. The summed E-state index contributed by atoms with van der Waals surface area (Å²) >= 11 is 0. The van der Waals surface area contributed by atoms with Crippen molar-refractivity contribution >= 4 is 7.51 Å². The Morgan fingerprint density at radius 1 is 0.714 bits per heavy atom. The van der Waals surface area contributed by atoms with E-state index < -0.39 is 7.51 Å². The van der Waals surface area contributed by atoms with Crippen molar-refractivity contribution in [3.63, 3.8) is 0 Å². The smallest absolute Gasteiger partial charge is 0.167 e. The second kappa shape index (κ2) is 7.59. The van der Waals surface area contributed by atoms with Crippen molar-refractivity contribution < 1.29 is 0 Å². The van der Waals surface area contributed by atoms with Gasteiger partial charge < -0.3 is 0 Å². The van der Waals surface area contributed by atoms with Gasteiger partial charge in [0.1, 0.15) is 0 Å². The van der Waals surface area contributed by atoms with E-state index >= 15 is 0 Å². The van der Waals surface area contributed by atoms with Crippen LogP contribution in [-0.2, 0) is 0 Å². The van der Waals surface area contributed by atoms with E-state index in [1.807, 2.05) is 0 Å². The van der Waals surface area contributed by atoms with Crippen LogP contribution in [0.5, 0.6) is 0 Å². The van der Waals surface area contributed by atoms with Gasteiger partial charge in [0.2, 0.25) is 0 Å². The van der Waals surface area contributed by atoms with Crippen molar-refractivity contribution in [2.45, 2.75) is 58.3 Å². The van der Waals surface area contributed by atoms with Crippen molar-refractivity contribution in [1.82, 2.24) is 14.0 Å². The second-order valence-corrected chi connectivity index (χ2v) is 9.79. The Morgan fingerprint density at radius 2 is 1.10 bits per heavy atom. The van der Waals surface area contributed by atoms with Gasteiger partial charge in [-0.2, -0.15) is 0 Å². The van der Waals surface area contributed by atoms with Crippen LogP contribution in [0.4, 0.5) is 0 Å². The summed E-state index contributed by atoms with van der Waals surface area (Å²) in [7, 11) is -1.54. The maximum absolute atomic E-state index is 5.48. The first kappa shape index (κ1) is 16.0. The molecule has 3 rings (SSSR count). The quantitative estimate of drug-likeness (QED) is 0.546. The lowest BCUT2D eigenvalue weighted by Crippen LogP contribution is -2.38. The number of hydrogen-bond donors (Lipinski definition) is 0. The molecule has 0 radical (unpaired) electrons. The Labute approximate surface area is 131 Å². The Hall–Kier alpha value is 0.110. The molecule has 3 saturated heterocycles. The monoisotopic (exact) mass is 312 g/mol. The van der Waals surface area contributed by atoms with Crippen LogP contribution < -0.4 is 0 Å². The molecule has 0 aromatic heterocycles. The minimum atomic E-state index is -1.54. The highest BCUT2D eigenvalue weighted by molar-refractivity contribution is 7.59. The van der Waals surface area contributed by atoms with Crippen LogP contribution in [0, 0.1) is 0 Å². The lowest BCUT2D eigenvalue weighted by Gasteiger charge is -2.45. The predicted octanol–water partition coefficient (Wildman–Crippen LogP) is 4.02. The first-order valence-corrected chi connectivity index (χ1v) is 10.8. The number of unbranched alkanes of at least 4 members (excludes halogenated alkanes) is 1. The minimum Gasteiger partial charge on any atom is -0.261 e. The third-order valence-corrected chi connectivity index (χ3v) is 9.24. The molecular weight excluding hydrogens is 279 g/mol. The average molecular weight is 312 g/mol. The zero-order chi connectivity index (χ0) is 14.5. The Balaban J connectivity index is 1.93. The van der Waals surface area contributed by atoms with Crippen molar-refractivity contribution in [1.29, 1.82) is 0 Å². The van der Waals surface area contributed by atoms with Gasteiger partial charge in [-0.15, -0.1) is 0 Å². The van der Waals surface area contributed by atoms with Gasteiger partial charge >= 0.3 is 0 Å². The molecule has 122 valence electrons. The van der Waals surface area contributed by atoms with E-state index in [4.69, 9.17) is 4.74 Å². The van der Waals surface area contributed by atoms with E-state index in [-0.39, 0.29) is 0 Å². The standard InChI is InChI=1S/C16H33N4P/c1-2-3-10-17-21(18-11-4-5-12-18,19-13-6-7-14-19)20-15-8-9-16-20/h2-16H2,1H3. The van der Waals surface area contributed by atoms with E-state index in [0.717, 1.165) is 6.54 Å². The third kappa shape index (κ3) is 3.24. The van der Waals surface area contributed by atoms with Crippen LogP contribution in [0.1, 0.15) is 58.3 Å². The van der Waals surface area contributed by atoms with Crippen LogP contribution in [0.15, 0.2) is 4.74 Å². The molecule has 5 heteroatoms. The summed E-state index contributed by atoms with van der Waals surface area (Å²) in [6.45, 7) is 11.1. The summed E-state index contributed by atoms with van der Waals surface area (Å²) in [4.78, 5) is 0. The molecule has 0 spiro atoms. The molecule has 0 unspecified atom stereocenters. The lowest BCUT2D eigenvalue weighted by atomic mass is 10.3. The normalized spacial score (nSPS) is 26.0. The number of nitrogens with zero attached hydrogens (tertiary/aromatic N) is 4. The summed E-state index contributed by atoms with van der Waals surface area (Å²) in [5.41, 5.74) is 0. The first-order valence-electron chi connectivity index (χ1n) is 9.22. The third-order valence-electron chi connectivity index (χ3n) is 5.19. The summed E-state index contributed by atoms with van der Waals surface area (Å²) in [6.07, 6.45) is 10.8. The maximum atomic E-state index is 5.48. The van der Waals surface area contributed by atoms with Crippen LogP contribution in [0.2, 0.25) is 0 Å². The molecule has 0 aromatic carbocycles. The molecular formula is C16H33N4P. The van der Waals surface area contributed by atoms with Gasteiger partial charge in [-0.05, 0) is 44.9 Å². The highest BCUT2D eigenvalue weighted by Gasteiger charge is 2.42. The summed E-state index contributed by atoms with van der Waals surface area (Å²) in [5, 5.41) is 0. The van der Waals surface area contributed by atoms with E-state index in [2.05, 4.69) is 20.9 Å². The summed E-state index contributed by atoms with van der Waals surface area (Å²) in [5.74, 6) is 0. The number of hydrogen-bond acceptors (Lipinski definition) is 1. The highest BCUT2D eigenvalue weighted by Crippen LogP contribution is 2.62. The Morgan fingerprint density at radius 3 is 1.43 bits per heavy atom. The van der Waals surface area contributed by atoms with Gasteiger partial charge in [0.25, 0.3) is 0 Å². The highest BCUT2D eigenvalue weighted by atomic mass is 31.2. The van der Waals surface area contributed by atoms with Gasteiger partial charge in [0, 0.05) is 45.8 Å². The summed E-state index contributed by atoms with van der Waals surface area (Å²) in [6, 6.07) is 0. The first-order chi connectivity index (χ1) is 10.4. The van der Waals surface area contributed by atoms with Crippen LogP contribution in [0.3, 0.4) is 0 Å². The summed E-state index contributed by atoms with van der Waals surface area (Å²) < 4.78 is 13.9. The molecule has 0 N–H and O–H groups in total. The van der Waals surface area contributed by atoms with Crippen molar-refractivity contribution in [2.75, 3.05) is 45.8 Å². The van der Waals surface area contributed by atoms with Crippen molar-refractivity contribution in [3.05, 3.63) is 0 Å². The molecule has 0 aliphatic carbocycles. The van der Waals surface area contributed by atoms with Gasteiger partial charge in [-0.1, -0.05) is 13.3 Å². The minimum absolute atomic E-state index is 1.08. The van der Waals surface area contributed by atoms with Crippen LogP contribution in [0.25, 0.3) is 0 Å². The van der Waals surface area contributed by atoms with Crippen molar-refractivity contribution in [2.24, 2.45) is 4.74 Å². The van der Waals surface area contributed by atoms with E-state index in [1.165, 1.54) is 90.6 Å². The Bertz CT molecular complexity index is 319. The van der Waals surface area contributed by atoms with Gasteiger partial charge in [0.05, 0.1) is 0 Å². The van der Waals surface area contributed by atoms with Crippen molar-refractivity contribution in [3.8, 4) is 0 Å². The Kier molecular flexibility index (Phi) is 5.78. The van der Waals surface area contributed by atoms with Gasteiger partial charge in [-0.25, -0.2) is 14.0 Å². The predicted molar refractivity (Wildman–Crippen MR) is 91.5 cm³/mol. The molecule has 0 atom stereocenters. The second-order valence-electron chi connectivity index (χ2n) is 6.74. The fraction of sp³-hybridized carbons (Fsp3) is 1.00. The van der Waals surface area contributed by atoms with Gasteiger partial charge in [0.15, 0.2) is 7.51 Å². The topological polar surface area (TPSA) is 22.1 Å². The molecule has 21 heavy (non-hydrogen) atoms. The SMILES string of the molecule is CCCCN=P(N1CCCC1)(N1CCCC1)N1CCCC1. The largest absolute Gasteiger partial charge is 0.261 e. The van der Waals surface area contributed by atoms with E-state index in [0.29, 0.717) is 0 Å².